The lowest BCUT2D eigenvalue weighted by molar-refractivity contribution is 0.423. The summed E-state index contributed by atoms with van der Waals surface area (Å²) in [5, 5.41) is 3.63. The Bertz CT molecular complexity index is 351. The molecule has 0 bridgehead atoms. The van der Waals surface area contributed by atoms with Gasteiger partial charge in [-0.1, -0.05) is 6.92 Å². The van der Waals surface area contributed by atoms with Gasteiger partial charge in [-0.05, 0) is 44.4 Å². The SMILES string of the molecule is CCCNC1CCCN(c2cnccc2C)C1. The van der Waals surface area contributed by atoms with Gasteiger partial charge in [0.25, 0.3) is 0 Å². The number of anilines is 1. The van der Waals surface area contributed by atoms with Crippen LogP contribution in [0.2, 0.25) is 0 Å². The summed E-state index contributed by atoms with van der Waals surface area (Å²) in [6, 6.07) is 2.74. The third kappa shape index (κ3) is 3.19. The molecule has 0 amide bonds. The maximum atomic E-state index is 4.25. The molecule has 1 aromatic heterocycles. The molecule has 0 aromatic carbocycles. The van der Waals surface area contributed by atoms with Crippen molar-refractivity contribution in [2.45, 2.75) is 39.2 Å². The first-order valence-electron chi connectivity index (χ1n) is 6.70. The van der Waals surface area contributed by atoms with E-state index >= 15 is 0 Å². The zero-order chi connectivity index (χ0) is 12.1. The van der Waals surface area contributed by atoms with Crippen LogP contribution in [0.1, 0.15) is 31.7 Å². The maximum absolute atomic E-state index is 4.25. The van der Waals surface area contributed by atoms with Gasteiger partial charge in [-0.2, -0.15) is 0 Å². The van der Waals surface area contributed by atoms with E-state index in [1.165, 1.54) is 30.5 Å². The highest BCUT2D eigenvalue weighted by Gasteiger charge is 2.20. The van der Waals surface area contributed by atoms with E-state index in [4.69, 9.17) is 0 Å². The number of pyridine rings is 1. The van der Waals surface area contributed by atoms with Crippen LogP contribution in [0.5, 0.6) is 0 Å². The number of hydrogen-bond acceptors (Lipinski definition) is 3. The number of aryl methyl sites for hydroxylation is 1. The molecule has 0 spiro atoms. The van der Waals surface area contributed by atoms with Crippen LogP contribution in [-0.2, 0) is 0 Å². The summed E-state index contributed by atoms with van der Waals surface area (Å²) in [6.45, 7) is 7.80. The van der Waals surface area contributed by atoms with Gasteiger partial charge in [0.15, 0.2) is 0 Å². The Morgan fingerprint density at radius 3 is 3.18 bits per heavy atom. The Morgan fingerprint density at radius 1 is 1.53 bits per heavy atom. The topological polar surface area (TPSA) is 28.2 Å². The van der Waals surface area contributed by atoms with Gasteiger partial charge >= 0.3 is 0 Å². The first kappa shape index (κ1) is 12.4. The van der Waals surface area contributed by atoms with E-state index in [2.05, 4.69) is 35.1 Å². The predicted octanol–water partition coefficient (Wildman–Crippen LogP) is 2.36. The van der Waals surface area contributed by atoms with Crippen LogP contribution >= 0.6 is 0 Å². The van der Waals surface area contributed by atoms with Crippen molar-refractivity contribution in [3.05, 3.63) is 24.0 Å². The van der Waals surface area contributed by atoms with Crippen molar-refractivity contribution >= 4 is 5.69 Å². The molecule has 0 saturated carbocycles. The van der Waals surface area contributed by atoms with E-state index in [1.54, 1.807) is 0 Å². The van der Waals surface area contributed by atoms with Crippen LogP contribution in [0, 0.1) is 6.92 Å². The van der Waals surface area contributed by atoms with Crippen molar-refractivity contribution in [3.63, 3.8) is 0 Å². The predicted molar refractivity (Wildman–Crippen MR) is 72.5 cm³/mol. The lowest BCUT2D eigenvalue weighted by Crippen LogP contribution is -2.46. The van der Waals surface area contributed by atoms with Gasteiger partial charge < -0.3 is 10.2 Å². The molecular formula is C14H23N3. The molecule has 1 aliphatic rings. The van der Waals surface area contributed by atoms with Gasteiger partial charge in [-0.25, -0.2) is 0 Å². The van der Waals surface area contributed by atoms with Crippen molar-refractivity contribution in [2.75, 3.05) is 24.5 Å². The van der Waals surface area contributed by atoms with Gasteiger partial charge in [-0.15, -0.1) is 0 Å². The zero-order valence-electron chi connectivity index (χ0n) is 10.9. The third-order valence-electron chi connectivity index (χ3n) is 3.46. The minimum Gasteiger partial charge on any atom is -0.369 e. The summed E-state index contributed by atoms with van der Waals surface area (Å²) < 4.78 is 0. The molecule has 1 fully saturated rings. The van der Waals surface area contributed by atoms with Gasteiger partial charge in [0.05, 0.1) is 11.9 Å². The molecule has 0 radical (unpaired) electrons. The Labute approximate surface area is 104 Å². The second kappa shape index (κ2) is 6.01. The Hall–Kier alpha value is -1.09. The average Bonchev–Trinajstić information content (AvgIpc) is 2.37. The molecule has 1 aromatic rings. The van der Waals surface area contributed by atoms with E-state index in [0.29, 0.717) is 6.04 Å². The molecule has 1 unspecified atom stereocenters. The van der Waals surface area contributed by atoms with Crippen LogP contribution in [0.25, 0.3) is 0 Å². The first-order valence-corrected chi connectivity index (χ1v) is 6.70. The van der Waals surface area contributed by atoms with Gasteiger partial charge in [0, 0.05) is 25.3 Å². The number of nitrogens with zero attached hydrogens (tertiary/aromatic N) is 2. The normalized spacial score (nSPS) is 20.6. The first-order chi connectivity index (χ1) is 8.31. The fourth-order valence-electron chi connectivity index (χ4n) is 2.50. The van der Waals surface area contributed by atoms with Crippen molar-refractivity contribution in [1.82, 2.24) is 10.3 Å². The van der Waals surface area contributed by atoms with Crippen LogP contribution in [0.15, 0.2) is 18.5 Å². The molecule has 17 heavy (non-hydrogen) atoms. The highest BCUT2D eigenvalue weighted by Crippen LogP contribution is 2.22. The van der Waals surface area contributed by atoms with Gasteiger partial charge in [0.1, 0.15) is 0 Å². The van der Waals surface area contributed by atoms with Crippen molar-refractivity contribution in [1.29, 1.82) is 0 Å². The second-order valence-corrected chi connectivity index (χ2v) is 4.90. The summed E-state index contributed by atoms with van der Waals surface area (Å²) in [6.07, 6.45) is 7.65. The average molecular weight is 233 g/mol. The highest BCUT2D eigenvalue weighted by molar-refractivity contribution is 5.51. The lowest BCUT2D eigenvalue weighted by atomic mass is 10.0. The molecule has 1 saturated heterocycles. The molecule has 1 N–H and O–H groups in total. The van der Waals surface area contributed by atoms with Crippen molar-refractivity contribution in [2.24, 2.45) is 0 Å². The summed E-state index contributed by atoms with van der Waals surface area (Å²) in [5.74, 6) is 0. The van der Waals surface area contributed by atoms with E-state index < -0.39 is 0 Å². The van der Waals surface area contributed by atoms with E-state index in [-0.39, 0.29) is 0 Å². The van der Waals surface area contributed by atoms with Crippen LogP contribution in [-0.4, -0.2) is 30.7 Å². The van der Waals surface area contributed by atoms with E-state index in [1.807, 2.05) is 12.4 Å². The quantitative estimate of drug-likeness (QED) is 0.865. The Kier molecular flexibility index (Phi) is 4.37. The van der Waals surface area contributed by atoms with Crippen LogP contribution < -0.4 is 10.2 Å². The van der Waals surface area contributed by atoms with Crippen molar-refractivity contribution in [3.8, 4) is 0 Å². The minimum atomic E-state index is 0.642. The molecule has 3 heteroatoms. The largest absolute Gasteiger partial charge is 0.369 e. The fraction of sp³-hybridized carbons (Fsp3) is 0.643. The number of piperidine rings is 1. The van der Waals surface area contributed by atoms with Gasteiger partial charge in [-0.3, -0.25) is 4.98 Å². The lowest BCUT2D eigenvalue weighted by Gasteiger charge is -2.35. The molecule has 1 aliphatic heterocycles. The molecule has 3 nitrogen and oxygen atoms in total. The maximum Gasteiger partial charge on any atom is 0.0582 e. The zero-order valence-corrected chi connectivity index (χ0v) is 10.9. The standard InChI is InChI=1S/C14H23N3/c1-3-7-16-13-5-4-9-17(11-13)14-10-15-8-6-12(14)2/h6,8,10,13,16H,3-5,7,9,11H2,1-2H3. The van der Waals surface area contributed by atoms with E-state index in [9.17, 15) is 0 Å². The summed E-state index contributed by atoms with van der Waals surface area (Å²) in [7, 11) is 0. The molecule has 1 atom stereocenters. The summed E-state index contributed by atoms with van der Waals surface area (Å²) in [5.41, 5.74) is 2.63. The monoisotopic (exact) mass is 233 g/mol. The molecule has 2 heterocycles. The number of nitrogens with one attached hydrogen (secondary N) is 1. The highest BCUT2D eigenvalue weighted by atomic mass is 15.2. The van der Waals surface area contributed by atoms with Crippen molar-refractivity contribution < 1.29 is 0 Å². The molecular weight excluding hydrogens is 210 g/mol. The summed E-state index contributed by atoms with van der Waals surface area (Å²) in [4.78, 5) is 6.72. The molecule has 94 valence electrons. The third-order valence-corrected chi connectivity index (χ3v) is 3.46. The van der Waals surface area contributed by atoms with Crippen LogP contribution in [0.4, 0.5) is 5.69 Å². The Balaban J connectivity index is 1.99. The smallest absolute Gasteiger partial charge is 0.0582 e. The number of aromatic nitrogens is 1. The van der Waals surface area contributed by atoms with E-state index in [0.717, 1.165) is 19.6 Å². The Morgan fingerprint density at radius 2 is 2.41 bits per heavy atom. The minimum absolute atomic E-state index is 0.642. The fourth-order valence-corrected chi connectivity index (χ4v) is 2.50. The van der Waals surface area contributed by atoms with Crippen LogP contribution in [0.3, 0.4) is 0 Å². The molecule has 2 rings (SSSR count). The number of hydrogen-bond donors (Lipinski definition) is 1. The second-order valence-electron chi connectivity index (χ2n) is 4.90. The summed E-state index contributed by atoms with van der Waals surface area (Å²) >= 11 is 0. The molecule has 0 aliphatic carbocycles. The van der Waals surface area contributed by atoms with Gasteiger partial charge in [0.2, 0.25) is 0 Å². The number of rotatable bonds is 4.